The number of rotatable bonds is 3. The molecule has 6 nitrogen and oxygen atoms in total. The molecular weight excluding hydrogens is 355 g/mol. The first-order chi connectivity index (χ1) is 9.88. The molecule has 0 aliphatic rings. The van der Waals surface area contributed by atoms with Crippen LogP contribution in [0.15, 0.2) is 28.7 Å². The fourth-order valence-corrected chi connectivity index (χ4v) is 4.57. The van der Waals surface area contributed by atoms with Crippen LogP contribution in [0.25, 0.3) is 4.96 Å². The average Bonchev–Trinajstić information content (AvgIpc) is 2.91. The van der Waals surface area contributed by atoms with Gasteiger partial charge in [0.25, 0.3) is 10.0 Å². The number of aryl methyl sites for hydroxylation is 1. The molecule has 3 aromatic rings. The normalized spacial score (nSPS) is 12.0. The van der Waals surface area contributed by atoms with Crippen molar-refractivity contribution < 1.29 is 8.42 Å². The largest absolute Gasteiger partial charge is 0.281 e. The Morgan fingerprint density at radius 2 is 2.05 bits per heavy atom. The van der Waals surface area contributed by atoms with E-state index in [0.29, 0.717) is 16.3 Å². The Balaban J connectivity index is 2.08. The van der Waals surface area contributed by atoms with Crippen molar-refractivity contribution in [3.05, 3.63) is 39.7 Å². The molecule has 0 radical (unpaired) electrons. The van der Waals surface area contributed by atoms with Gasteiger partial charge in [0.2, 0.25) is 0 Å². The Morgan fingerprint density at radius 1 is 1.29 bits per heavy atom. The quantitative estimate of drug-likeness (QED) is 0.725. The van der Waals surface area contributed by atoms with E-state index in [-0.39, 0.29) is 15.3 Å². The van der Waals surface area contributed by atoms with Crippen LogP contribution >= 0.6 is 34.5 Å². The van der Waals surface area contributed by atoms with Crippen LogP contribution in [0.1, 0.15) is 5.69 Å². The third-order valence-corrected chi connectivity index (χ3v) is 5.46. The number of imidazole rings is 1. The Labute approximate surface area is 134 Å². The fourth-order valence-electron chi connectivity index (χ4n) is 1.81. The van der Waals surface area contributed by atoms with Gasteiger partial charge in [0.05, 0.1) is 11.4 Å². The van der Waals surface area contributed by atoms with Crippen LogP contribution in [0.3, 0.4) is 0 Å². The van der Waals surface area contributed by atoms with Gasteiger partial charge in [-0.2, -0.15) is 8.42 Å². The van der Waals surface area contributed by atoms with Crippen LogP contribution in [0.2, 0.25) is 10.3 Å². The topological polar surface area (TPSA) is 76.4 Å². The van der Waals surface area contributed by atoms with Gasteiger partial charge in [-0.3, -0.25) is 9.12 Å². The smallest absolute Gasteiger partial charge is 0.278 e. The lowest BCUT2D eigenvalue weighted by atomic mass is 10.3. The third kappa shape index (κ3) is 2.59. The summed E-state index contributed by atoms with van der Waals surface area (Å²) in [6.45, 7) is 1.65. The van der Waals surface area contributed by atoms with Crippen LogP contribution < -0.4 is 4.72 Å². The van der Waals surface area contributed by atoms with E-state index in [9.17, 15) is 8.42 Å². The molecule has 3 rings (SSSR count). The second-order valence-electron chi connectivity index (χ2n) is 4.14. The van der Waals surface area contributed by atoms with Gasteiger partial charge in [-0.15, -0.1) is 11.3 Å². The minimum Gasteiger partial charge on any atom is -0.278 e. The van der Waals surface area contributed by atoms with E-state index in [1.54, 1.807) is 24.6 Å². The zero-order valence-electron chi connectivity index (χ0n) is 10.5. The molecule has 0 saturated carbocycles. The lowest BCUT2D eigenvalue weighted by molar-refractivity contribution is 0.596. The summed E-state index contributed by atoms with van der Waals surface area (Å²) in [5.41, 5.74) is 0.800. The molecule has 0 saturated heterocycles. The summed E-state index contributed by atoms with van der Waals surface area (Å²) in [5.74, 6) is 0. The number of pyridine rings is 1. The zero-order valence-corrected chi connectivity index (χ0v) is 13.7. The van der Waals surface area contributed by atoms with Crippen molar-refractivity contribution >= 4 is 55.2 Å². The number of nitrogens with one attached hydrogen (secondary N) is 1. The molecule has 3 heterocycles. The number of halogens is 2. The van der Waals surface area contributed by atoms with E-state index in [2.05, 4.69) is 14.7 Å². The van der Waals surface area contributed by atoms with Crippen LogP contribution in [0.4, 0.5) is 5.69 Å². The van der Waals surface area contributed by atoms with E-state index in [4.69, 9.17) is 23.2 Å². The molecule has 1 N–H and O–H groups in total. The van der Waals surface area contributed by atoms with Crippen LogP contribution in [-0.4, -0.2) is 22.8 Å². The molecule has 0 atom stereocenters. The van der Waals surface area contributed by atoms with E-state index in [1.165, 1.54) is 21.8 Å². The molecule has 10 heteroatoms. The molecule has 3 aromatic heterocycles. The molecule has 0 unspecified atom stereocenters. The van der Waals surface area contributed by atoms with Gasteiger partial charge >= 0.3 is 0 Å². The second-order valence-corrected chi connectivity index (χ2v) is 7.35. The van der Waals surface area contributed by atoms with Crippen molar-refractivity contribution in [3.63, 3.8) is 0 Å². The monoisotopic (exact) mass is 362 g/mol. The number of hydrogen-bond acceptors (Lipinski definition) is 5. The summed E-state index contributed by atoms with van der Waals surface area (Å²) >= 11 is 13.0. The Kier molecular flexibility index (Phi) is 3.56. The average molecular weight is 363 g/mol. The van der Waals surface area contributed by atoms with Crippen molar-refractivity contribution in [2.24, 2.45) is 0 Å². The predicted molar refractivity (Wildman–Crippen MR) is 82.9 cm³/mol. The highest BCUT2D eigenvalue weighted by atomic mass is 35.5. The van der Waals surface area contributed by atoms with Crippen molar-refractivity contribution in [2.75, 3.05) is 4.72 Å². The number of sulfonamides is 1. The maximum Gasteiger partial charge on any atom is 0.281 e. The van der Waals surface area contributed by atoms with Gasteiger partial charge in [0.1, 0.15) is 5.15 Å². The molecule has 0 amide bonds. The Bertz CT molecular complexity index is 933. The van der Waals surface area contributed by atoms with Crippen LogP contribution in [-0.2, 0) is 10.0 Å². The van der Waals surface area contributed by atoms with Gasteiger partial charge in [0, 0.05) is 11.6 Å². The van der Waals surface area contributed by atoms with E-state index in [0.717, 1.165) is 0 Å². The van der Waals surface area contributed by atoms with Crippen molar-refractivity contribution in [1.29, 1.82) is 0 Å². The summed E-state index contributed by atoms with van der Waals surface area (Å²) in [6.07, 6.45) is 1.60. The fraction of sp³-hybridized carbons (Fsp3) is 0.0909. The van der Waals surface area contributed by atoms with Crippen molar-refractivity contribution in [1.82, 2.24) is 14.4 Å². The van der Waals surface area contributed by atoms with Gasteiger partial charge in [-0.1, -0.05) is 23.2 Å². The second kappa shape index (κ2) is 5.13. The first kappa shape index (κ1) is 14.6. The number of fused-ring (bicyclic) bond motifs is 1. The molecule has 0 aliphatic heterocycles. The third-order valence-electron chi connectivity index (χ3n) is 2.73. The number of anilines is 1. The zero-order chi connectivity index (χ0) is 15.2. The summed E-state index contributed by atoms with van der Waals surface area (Å²) < 4.78 is 28.9. The van der Waals surface area contributed by atoms with Crippen molar-refractivity contribution in [3.8, 4) is 0 Å². The molecule has 21 heavy (non-hydrogen) atoms. The van der Waals surface area contributed by atoms with Gasteiger partial charge < -0.3 is 0 Å². The highest BCUT2D eigenvalue weighted by molar-refractivity contribution is 7.92. The minimum absolute atomic E-state index is 0.0751. The molecule has 0 spiro atoms. The van der Waals surface area contributed by atoms with Gasteiger partial charge in [-0.25, -0.2) is 9.97 Å². The standard InChI is InChI=1S/C11H8Cl2N4O2S2/c1-6-7(2-3-8(12)14-6)16-21(18,19)10-9(13)15-11-17(10)4-5-20-11/h2-5,16H,1H3. The van der Waals surface area contributed by atoms with Gasteiger partial charge in [0.15, 0.2) is 15.1 Å². The summed E-state index contributed by atoms with van der Waals surface area (Å²) in [7, 11) is -3.89. The highest BCUT2D eigenvalue weighted by Crippen LogP contribution is 2.27. The lowest BCUT2D eigenvalue weighted by Crippen LogP contribution is -2.16. The van der Waals surface area contributed by atoms with Crippen molar-refractivity contribution in [2.45, 2.75) is 11.9 Å². The molecule has 0 fully saturated rings. The summed E-state index contributed by atoms with van der Waals surface area (Å²) in [6, 6.07) is 3.05. The number of thiazole rings is 1. The first-order valence-corrected chi connectivity index (χ1v) is 8.77. The predicted octanol–water partition coefficient (Wildman–Crippen LogP) is 3.21. The minimum atomic E-state index is -3.89. The van der Waals surface area contributed by atoms with E-state index in [1.807, 2.05) is 0 Å². The van der Waals surface area contributed by atoms with E-state index >= 15 is 0 Å². The number of hydrogen-bond donors (Lipinski definition) is 1. The molecule has 0 aromatic carbocycles. The maximum absolute atomic E-state index is 12.5. The summed E-state index contributed by atoms with van der Waals surface area (Å²) in [5, 5.41) is 1.84. The molecular formula is C11H8Cl2N4O2S2. The molecule has 110 valence electrons. The first-order valence-electron chi connectivity index (χ1n) is 5.65. The molecule has 0 bridgehead atoms. The maximum atomic E-state index is 12.5. The summed E-state index contributed by atoms with van der Waals surface area (Å²) in [4.78, 5) is 8.51. The molecule has 0 aliphatic carbocycles. The van der Waals surface area contributed by atoms with Gasteiger partial charge in [-0.05, 0) is 19.1 Å². The Hall–Kier alpha value is -1.35. The number of nitrogens with zero attached hydrogens (tertiary/aromatic N) is 3. The SMILES string of the molecule is Cc1nc(Cl)ccc1NS(=O)(=O)c1c(Cl)nc2sccn12. The highest BCUT2D eigenvalue weighted by Gasteiger charge is 2.25. The lowest BCUT2D eigenvalue weighted by Gasteiger charge is -2.09. The van der Waals surface area contributed by atoms with Crippen LogP contribution in [0, 0.1) is 6.92 Å². The van der Waals surface area contributed by atoms with Crippen LogP contribution in [0.5, 0.6) is 0 Å². The number of aromatic nitrogens is 3. The van der Waals surface area contributed by atoms with E-state index < -0.39 is 10.0 Å². The Morgan fingerprint density at radius 3 is 2.76 bits per heavy atom.